The van der Waals surface area contributed by atoms with E-state index < -0.39 is 24.7 Å². The minimum Gasteiger partial charge on any atom is -0.491 e. The van der Waals surface area contributed by atoms with Crippen LogP contribution in [0.25, 0.3) is 11.4 Å². The van der Waals surface area contributed by atoms with E-state index >= 15 is 0 Å². The molecule has 1 saturated heterocycles. The third-order valence-electron chi connectivity index (χ3n) is 4.31. The van der Waals surface area contributed by atoms with Crippen molar-refractivity contribution in [2.75, 3.05) is 11.5 Å². The monoisotopic (exact) mass is 413 g/mol. The first kappa shape index (κ1) is 16.3. The van der Waals surface area contributed by atoms with E-state index in [1.807, 2.05) is 18.2 Å². The molecule has 0 spiro atoms. The Bertz CT molecular complexity index is 842. The number of anilines is 1. The fourth-order valence-electron chi connectivity index (χ4n) is 3.14. The van der Waals surface area contributed by atoms with E-state index in [4.69, 9.17) is 9.47 Å². The number of imidazole rings is 1. The van der Waals surface area contributed by atoms with Crippen molar-refractivity contribution in [2.24, 2.45) is 0 Å². The van der Waals surface area contributed by atoms with Crippen molar-refractivity contribution in [3.05, 3.63) is 28.9 Å². The molecule has 1 aromatic heterocycles. The second-order valence-corrected chi connectivity index (χ2v) is 6.80. The minimum absolute atomic E-state index is 0.158. The number of fused-ring (bicyclic) bond motifs is 3. The predicted octanol–water partition coefficient (Wildman–Crippen LogP) is 3.68. The van der Waals surface area contributed by atoms with Gasteiger partial charge in [0.2, 0.25) is 0 Å². The van der Waals surface area contributed by atoms with Gasteiger partial charge in [-0.1, -0.05) is 15.9 Å². The van der Waals surface area contributed by atoms with Crippen LogP contribution in [0.2, 0.25) is 0 Å². The Morgan fingerprint density at radius 2 is 2.20 bits per heavy atom. The fourth-order valence-corrected chi connectivity index (χ4v) is 3.48. The molecule has 0 N–H and O–H groups in total. The smallest absolute Gasteiger partial charge is 0.416 e. The predicted molar refractivity (Wildman–Crippen MR) is 89.1 cm³/mol. The number of carbonyl (C=O) groups is 1. The first-order valence-electron chi connectivity index (χ1n) is 7.73. The van der Waals surface area contributed by atoms with Crippen molar-refractivity contribution in [3.63, 3.8) is 0 Å². The second kappa shape index (κ2) is 5.98. The largest absolute Gasteiger partial charge is 0.491 e. The van der Waals surface area contributed by atoms with E-state index in [2.05, 4.69) is 20.9 Å². The van der Waals surface area contributed by atoms with Gasteiger partial charge in [0.1, 0.15) is 30.3 Å². The van der Waals surface area contributed by atoms with Gasteiger partial charge >= 0.3 is 6.09 Å². The van der Waals surface area contributed by atoms with E-state index in [0.29, 0.717) is 24.7 Å². The van der Waals surface area contributed by atoms with Crippen molar-refractivity contribution in [3.8, 4) is 17.1 Å². The molecule has 1 amide bonds. The van der Waals surface area contributed by atoms with Gasteiger partial charge in [0.25, 0.3) is 6.43 Å². The maximum absolute atomic E-state index is 13.4. The molecule has 6 nitrogen and oxygen atoms in total. The fraction of sp³-hybridized carbons (Fsp3) is 0.375. The summed E-state index contributed by atoms with van der Waals surface area (Å²) in [7, 11) is 0. The van der Waals surface area contributed by atoms with Gasteiger partial charge in [-0.15, -0.1) is 0 Å². The van der Waals surface area contributed by atoms with Crippen LogP contribution in [0.5, 0.6) is 5.75 Å². The Morgan fingerprint density at radius 3 is 2.96 bits per heavy atom. The number of hydrogen-bond donors (Lipinski definition) is 0. The van der Waals surface area contributed by atoms with Crippen molar-refractivity contribution in [1.29, 1.82) is 0 Å². The zero-order chi connectivity index (χ0) is 17.7. The number of hydrogen-bond acceptors (Lipinski definition) is 4. The molecule has 2 aliphatic heterocycles. The van der Waals surface area contributed by atoms with Crippen LogP contribution >= 0.6 is 15.9 Å². The molecule has 0 bridgehead atoms. The Kier molecular flexibility index (Phi) is 3.90. The van der Waals surface area contributed by atoms with Crippen LogP contribution in [0.4, 0.5) is 19.4 Å². The number of amides is 1. The molecule has 4 rings (SSSR count). The topological polar surface area (TPSA) is 56.6 Å². The van der Waals surface area contributed by atoms with Crippen molar-refractivity contribution in [2.45, 2.75) is 32.0 Å². The summed E-state index contributed by atoms with van der Waals surface area (Å²) in [5.41, 5.74) is 0.737. The van der Waals surface area contributed by atoms with Gasteiger partial charge in [-0.05, 0) is 25.1 Å². The molecule has 132 valence electrons. The summed E-state index contributed by atoms with van der Waals surface area (Å²) in [6.07, 6.45) is -2.85. The van der Waals surface area contributed by atoms with Crippen LogP contribution in [-0.4, -0.2) is 40.8 Å². The quantitative estimate of drug-likeness (QED) is 0.753. The minimum atomic E-state index is -2.73. The summed E-state index contributed by atoms with van der Waals surface area (Å²) >= 11 is 3.39. The second-order valence-electron chi connectivity index (χ2n) is 5.89. The Labute approximate surface area is 150 Å². The lowest BCUT2D eigenvalue weighted by molar-refractivity contribution is 0.0704. The van der Waals surface area contributed by atoms with Gasteiger partial charge in [-0.2, -0.15) is 0 Å². The number of halogens is 3. The average molecular weight is 414 g/mol. The normalized spacial score (nSPS) is 22.3. The van der Waals surface area contributed by atoms with E-state index in [1.54, 1.807) is 10.8 Å². The molecule has 1 fully saturated rings. The van der Waals surface area contributed by atoms with E-state index in [1.165, 1.54) is 6.92 Å². The van der Waals surface area contributed by atoms with Crippen molar-refractivity contribution in [1.82, 2.24) is 9.55 Å². The molecule has 3 heterocycles. The zero-order valence-electron chi connectivity index (χ0n) is 13.2. The summed E-state index contributed by atoms with van der Waals surface area (Å²) < 4.78 is 40.1. The van der Waals surface area contributed by atoms with E-state index in [0.717, 1.165) is 14.9 Å². The highest BCUT2D eigenvalue weighted by atomic mass is 79.9. The van der Waals surface area contributed by atoms with Gasteiger partial charge in [-0.25, -0.2) is 23.5 Å². The Hall–Kier alpha value is -2.16. The lowest BCUT2D eigenvalue weighted by atomic mass is 10.2. The molecule has 9 heteroatoms. The molecule has 2 atom stereocenters. The maximum atomic E-state index is 13.4. The number of alkyl halides is 2. The molecule has 2 aliphatic rings. The number of benzene rings is 1. The SMILES string of the molecule is C[C@H]1OC(=O)N(c2cn3c(n2)-c2ccc(Br)cc2OCC3)[C@@H]1C(F)F. The Balaban J connectivity index is 1.80. The van der Waals surface area contributed by atoms with Gasteiger partial charge in [0, 0.05) is 10.7 Å². The van der Waals surface area contributed by atoms with Crippen LogP contribution in [0.1, 0.15) is 6.92 Å². The number of aromatic nitrogens is 2. The molecule has 0 saturated carbocycles. The summed E-state index contributed by atoms with van der Waals surface area (Å²) in [6.45, 7) is 2.36. The first-order valence-corrected chi connectivity index (χ1v) is 8.53. The molecular weight excluding hydrogens is 400 g/mol. The number of nitrogens with zero attached hydrogens (tertiary/aromatic N) is 3. The van der Waals surface area contributed by atoms with E-state index in [9.17, 15) is 13.6 Å². The number of cyclic esters (lactones) is 1. The molecule has 0 unspecified atom stereocenters. The van der Waals surface area contributed by atoms with Crippen LogP contribution in [0, 0.1) is 0 Å². The average Bonchev–Trinajstić information content (AvgIpc) is 3.03. The lowest BCUT2D eigenvalue weighted by Crippen LogP contribution is -2.41. The third kappa shape index (κ3) is 2.66. The lowest BCUT2D eigenvalue weighted by Gasteiger charge is -2.20. The summed E-state index contributed by atoms with van der Waals surface area (Å²) in [5, 5.41) is 0. The first-order chi connectivity index (χ1) is 12.0. The summed E-state index contributed by atoms with van der Waals surface area (Å²) in [5.74, 6) is 1.37. The van der Waals surface area contributed by atoms with Gasteiger partial charge in [0.15, 0.2) is 5.82 Å². The molecule has 0 radical (unpaired) electrons. The van der Waals surface area contributed by atoms with Crippen LogP contribution in [0.15, 0.2) is 28.9 Å². The van der Waals surface area contributed by atoms with Crippen LogP contribution in [0.3, 0.4) is 0 Å². The number of ether oxygens (including phenoxy) is 2. The zero-order valence-corrected chi connectivity index (χ0v) is 14.7. The highest BCUT2D eigenvalue weighted by Crippen LogP contribution is 2.37. The van der Waals surface area contributed by atoms with Crippen LogP contribution in [-0.2, 0) is 11.3 Å². The van der Waals surface area contributed by atoms with Gasteiger partial charge in [-0.3, -0.25) is 0 Å². The van der Waals surface area contributed by atoms with Crippen molar-refractivity contribution >= 4 is 27.8 Å². The van der Waals surface area contributed by atoms with Crippen molar-refractivity contribution < 1.29 is 23.0 Å². The third-order valence-corrected chi connectivity index (χ3v) is 4.80. The maximum Gasteiger partial charge on any atom is 0.416 e. The number of rotatable bonds is 2. The van der Waals surface area contributed by atoms with Gasteiger partial charge < -0.3 is 14.0 Å². The van der Waals surface area contributed by atoms with E-state index in [-0.39, 0.29) is 5.82 Å². The van der Waals surface area contributed by atoms with Gasteiger partial charge in [0.05, 0.1) is 12.1 Å². The summed E-state index contributed by atoms with van der Waals surface area (Å²) in [4.78, 5) is 17.4. The number of carbonyl (C=O) groups excluding carboxylic acids is 1. The molecular formula is C16H14BrF2N3O3. The standard InChI is InChI=1S/C16H14BrF2N3O3/c1-8-13(14(18)19)22(16(23)25-8)12-7-21-4-5-24-11-6-9(17)2-3-10(11)15(21)20-12/h2-3,6-8,13-14H,4-5H2,1H3/t8-,13+/m1/s1. The summed E-state index contributed by atoms with van der Waals surface area (Å²) in [6, 6.07) is 4.16. The molecule has 1 aromatic carbocycles. The Morgan fingerprint density at radius 1 is 1.40 bits per heavy atom. The highest BCUT2D eigenvalue weighted by Gasteiger charge is 2.47. The molecule has 25 heavy (non-hydrogen) atoms. The van der Waals surface area contributed by atoms with Crippen LogP contribution < -0.4 is 9.64 Å². The molecule has 2 aromatic rings. The molecule has 0 aliphatic carbocycles. The highest BCUT2D eigenvalue weighted by molar-refractivity contribution is 9.10.